The van der Waals surface area contributed by atoms with Gasteiger partial charge in [0.1, 0.15) is 6.10 Å². The second kappa shape index (κ2) is 6.91. The third-order valence-corrected chi connectivity index (χ3v) is 6.55. The molecule has 3 aromatic rings. The molecule has 28 heavy (non-hydrogen) atoms. The number of hydrogen-bond donors (Lipinski definition) is 1. The van der Waals surface area contributed by atoms with Crippen molar-refractivity contribution in [3.05, 3.63) is 87.3 Å². The Kier molecular flexibility index (Phi) is 4.24. The number of benzene rings is 2. The van der Waals surface area contributed by atoms with Gasteiger partial charge in [-0.3, -0.25) is 4.79 Å². The van der Waals surface area contributed by atoms with Crippen LogP contribution in [0.3, 0.4) is 0 Å². The summed E-state index contributed by atoms with van der Waals surface area (Å²) in [5.41, 5.74) is 4.28. The number of fused-ring (bicyclic) bond motifs is 2. The average Bonchev–Trinajstić information content (AvgIpc) is 3.30. The Labute approximate surface area is 167 Å². The summed E-state index contributed by atoms with van der Waals surface area (Å²) < 4.78 is 5.59. The zero-order chi connectivity index (χ0) is 19.1. The first kappa shape index (κ1) is 17.2. The molecule has 0 saturated heterocycles. The first-order chi connectivity index (χ1) is 13.7. The molecule has 2 heterocycles. The van der Waals surface area contributed by atoms with Crippen LogP contribution in [0.2, 0.25) is 0 Å². The van der Waals surface area contributed by atoms with Crippen LogP contribution in [0.4, 0.5) is 5.00 Å². The normalized spacial score (nSPS) is 17.6. The number of carbonyl (C=O) groups excluding carboxylic acids is 2. The molecule has 0 saturated carbocycles. The minimum Gasteiger partial charge on any atom is -0.454 e. The molecule has 1 atom stereocenters. The number of anilines is 1. The summed E-state index contributed by atoms with van der Waals surface area (Å²) >= 11 is 1.67. The van der Waals surface area contributed by atoms with Crippen LogP contribution >= 0.6 is 11.3 Å². The van der Waals surface area contributed by atoms with Gasteiger partial charge in [-0.25, -0.2) is 4.79 Å². The molecule has 1 amide bonds. The fraction of sp³-hybridized carbons (Fsp3) is 0.217. The molecule has 2 aromatic carbocycles. The van der Waals surface area contributed by atoms with Crippen LogP contribution < -0.4 is 5.32 Å². The van der Waals surface area contributed by atoms with E-state index in [-0.39, 0.29) is 18.0 Å². The van der Waals surface area contributed by atoms with Gasteiger partial charge in [0.2, 0.25) is 0 Å². The van der Waals surface area contributed by atoms with Crippen LogP contribution in [-0.2, 0) is 24.0 Å². The number of aryl methyl sites for hydroxylation is 2. The Morgan fingerprint density at radius 3 is 2.71 bits per heavy atom. The van der Waals surface area contributed by atoms with Crippen LogP contribution in [0.25, 0.3) is 0 Å². The van der Waals surface area contributed by atoms with E-state index in [0.29, 0.717) is 17.5 Å². The number of ether oxygens (including phenoxy) is 1. The predicted molar refractivity (Wildman–Crippen MR) is 109 cm³/mol. The van der Waals surface area contributed by atoms with E-state index in [9.17, 15) is 9.59 Å². The Balaban J connectivity index is 1.38. The van der Waals surface area contributed by atoms with Crippen molar-refractivity contribution < 1.29 is 14.3 Å². The van der Waals surface area contributed by atoms with Gasteiger partial charge in [-0.15, -0.1) is 11.3 Å². The van der Waals surface area contributed by atoms with E-state index in [1.165, 1.54) is 16.9 Å². The first-order valence-electron chi connectivity index (χ1n) is 9.49. The summed E-state index contributed by atoms with van der Waals surface area (Å²) in [7, 11) is 0. The quantitative estimate of drug-likeness (QED) is 0.645. The van der Waals surface area contributed by atoms with Crippen LogP contribution in [0.5, 0.6) is 0 Å². The van der Waals surface area contributed by atoms with E-state index in [2.05, 4.69) is 11.4 Å². The van der Waals surface area contributed by atoms with Gasteiger partial charge >= 0.3 is 5.97 Å². The van der Waals surface area contributed by atoms with Gasteiger partial charge in [0.25, 0.3) is 5.91 Å². The Bertz CT molecular complexity index is 1050. The zero-order valence-corrected chi connectivity index (χ0v) is 16.1. The van der Waals surface area contributed by atoms with Crippen molar-refractivity contribution >= 4 is 28.2 Å². The molecule has 1 N–H and O–H groups in total. The number of amides is 1. The Morgan fingerprint density at radius 2 is 1.89 bits per heavy atom. The molecular weight excluding hydrogens is 370 g/mol. The van der Waals surface area contributed by atoms with Crippen LogP contribution in [0.15, 0.2) is 54.6 Å². The molecule has 0 bridgehead atoms. The van der Waals surface area contributed by atoms with Crippen LogP contribution in [0.1, 0.15) is 54.8 Å². The van der Waals surface area contributed by atoms with E-state index < -0.39 is 0 Å². The van der Waals surface area contributed by atoms with Gasteiger partial charge in [0.05, 0.1) is 10.6 Å². The van der Waals surface area contributed by atoms with Crippen LogP contribution in [-0.4, -0.2) is 11.9 Å². The molecule has 140 valence electrons. The molecule has 1 aliphatic heterocycles. The van der Waals surface area contributed by atoms with Crippen molar-refractivity contribution in [2.75, 3.05) is 5.32 Å². The van der Waals surface area contributed by atoms with Crippen molar-refractivity contribution in [1.29, 1.82) is 0 Å². The highest BCUT2D eigenvalue weighted by Gasteiger charge is 2.28. The molecule has 0 fully saturated rings. The lowest BCUT2D eigenvalue weighted by molar-refractivity contribution is 0.0252. The van der Waals surface area contributed by atoms with E-state index >= 15 is 0 Å². The van der Waals surface area contributed by atoms with Gasteiger partial charge in [-0.2, -0.15) is 0 Å². The second-order valence-corrected chi connectivity index (χ2v) is 8.38. The molecule has 0 spiro atoms. The van der Waals surface area contributed by atoms with Gasteiger partial charge in [0.15, 0.2) is 0 Å². The number of hydrogen-bond acceptors (Lipinski definition) is 4. The Hall–Kier alpha value is -2.92. The summed E-state index contributed by atoms with van der Waals surface area (Å²) in [5.74, 6) is -0.477. The summed E-state index contributed by atoms with van der Waals surface area (Å²) in [5, 5.41) is 3.91. The molecule has 0 radical (unpaired) electrons. The standard InChI is InChI=1S/C23H19NO3S/c25-22(24-21-13-15-7-4-8-20(15)28-21)16-9-10-18-17(11-16)12-19(27-23(18)26)14-5-2-1-3-6-14/h1-3,5-6,9-11,13,19H,4,7-8,12H2,(H,24,25)/t19-/m0/s1. The maximum Gasteiger partial charge on any atom is 0.339 e. The largest absolute Gasteiger partial charge is 0.454 e. The molecule has 4 nitrogen and oxygen atoms in total. The number of carbonyl (C=O) groups is 2. The molecule has 5 heteroatoms. The zero-order valence-electron chi connectivity index (χ0n) is 15.2. The fourth-order valence-corrected chi connectivity index (χ4v) is 5.11. The SMILES string of the molecule is O=C(Nc1cc2c(s1)CCC2)c1ccc2c(c1)C[C@@H](c1ccccc1)OC2=O. The number of thiophene rings is 1. The van der Waals surface area contributed by atoms with Crippen LogP contribution in [0, 0.1) is 0 Å². The highest BCUT2D eigenvalue weighted by molar-refractivity contribution is 7.16. The molecule has 2 aliphatic rings. The molecule has 5 rings (SSSR count). The second-order valence-electron chi connectivity index (χ2n) is 7.25. The summed E-state index contributed by atoms with van der Waals surface area (Å²) in [4.78, 5) is 26.5. The van der Waals surface area contributed by atoms with Crippen molar-refractivity contribution in [3.63, 3.8) is 0 Å². The lowest BCUT2D eigenvalue weighted by Gasteiger charge is -2.25. The monoisotopic (exact) mass is 389 g/mol. The third-order valence-electron chi connectivity index (χ3n) is 5.40. The lowest BCUT2D eigenvalue weighted by atomic mass is 9.93. The summed E-state index contributed by atoms with van der Waals surface area (Å²) in [6, 6.07) is 17.0. The van der Waals surface area contributed by atoms with Crippen molar-refractivity contribution in [1.82, 2.24) is 0 Å². The fourth-order valence-electron chi connectivity index (χ4n) is 3.97. The van der Waals surface area contributed by atoms with E-state index in [1.807, 2.05) is 36.4 Å². The highest BCUT2D eigenvalue weighted by atomic mass is 32.1. The van der Waals surface area contributed by atoms with Gasteiger partial charge in [-0.1, -0.05) is 30.3 Å². The average molecular weight is 389 g/mol. The lowest BCUT2D eigenvalue weighted by Crippen LogP contribution is -2.22. The van der Waals surface area contributed by atoms with Crippen molar-refractivity contribution in [2.45, 2.75) is 31.8 Å². The van der Waals surface area contributed by atoms with Gasteiger partial charge in [-0.05, 0) is 60.2 Å². The number of esters is 1. The van der Waals surface area contributed by atoms with E-state index in [4.69, 9.17) is 4.74 Å². The van der Waals surface area contributed by atoms with E-state index in [1.54, 1.807) is 23.5 Å². The topological polar surface area (TPSA) is 55.4 Å². The first-order valence-corrected chi connectivity index (χ1v) is 10.3. The molecule has 0 unspecified atom stereocenters. The third kappa shape index (κ3) is 3.12. The van der Waals surface area contributed by atoms with Gasteiger partial charge in [0, 0.05) is 16.9 Å². The number of cyclic esters (lactones) is 1. The molecular formula is C23H19NO3S. The van der Waals surface area contributed by atoms with E-state index in [0.717, 1.165) is 29.0 Å². The predicted octanol–water partition coefficient (Wildman–Crippen LogP) is 4.94. The summed E-state index contributed by atoms with van der Waals surface area (Å²) in [6.07, 6.45) is 3.67. The molecule has 1 aliphatic carbocycles. The summed E-state index contributed by atoms with van der Waals surface area (Å²) in [6.45, 7) is 0. The smallest absolute Gasteiger partial charge is 0.339 e. The van der Waals surface area contributed by atoms with Gasteiger partial charge < -0.3 is 10.1 Å². The highest BCUT2D eigenvalue weighted by Crippen LogP contribution is 2.34. The van der Waals surface area contributed by atoms with Crippen molar-refractivity contribution in [2.24, 2.45) is 0 Å². The van der Waals surface area contributed by atoms with Crippen molar-refractivity contribution in [3.8, 4) is 0 Å². The maximum atomic E-state index is 12.7. The Morgan fingerprint density at radius 1 is 1.04 bits per heavy atom. The number of nitrogens with one attached hydrogen (secondary N) is 1. The maximum absolute atomic E-state index is 12.7. The minimum atomic E-state index is -0.336. The molecule has 1 aromatic heterocycles. The minimum absolute atomic E-state index is 0.141. The number of rotatable bonds is 3.